The average molecular weight is 295 g/mol. The van der Waals surface area contributed by atoms with Gasteiger partial charge in [0, 0.05) is 11.8 Å². The van der Waals surface area contributed by atoms with Crippen molar-refractivity contribution in [2.45, 2.75) is 13.8 Å². The summed E-state index contributed by atoms with van der Waals surface area (Å²) < 4.78 is 10.6. The zero-order chi connectivity index (χ0) is 15.5. The second kappa shape index (κ2) is 5.93. The number of aryl methyl sites for hydroxylation is 2. The third-order valence-corrected chi connectivity index (χ3v) is 3.60. The summed E-state index contributed by atoms with van der Waals surface area (Å²) in [5, 5.41) is 2.85. The normalized spacial score (nSPS) is 12.6. The van der Waals surface area contributed by atoms with Crippen LogP contribution in [-0.2, 0) is 4.79 Å². The molecular weight excluding hydrogens is 278 g/mol. The van der Waals surface area contributed by atoms with Crippen molar-refractivity contribution in [3.8, 4) is 11.5 Å². The lowest BCUT2D eigenvalue weighted by molar-refractivity contribution is -0.111. The smallest absolute Gasteiger partial charge is 0.248 e. The summed E-state index contributed by atoms with van der Waals surface area (Å²) in [6, 6.07) is 11.4. The molecule has 0 unspecified atom stereocenters. The number of hydrogen-bond acceptors (Lipinski definition) is 3. The molecule has 1 aliphatic rings. The lowest BCUT2D eigenvalue weighted by atomic mass is 10.1. The van der Waals surface area contributed by atoms with Crippen LogP contribution in [0.15, 0.2) is 42.5 Å². The molecule has 112 valence electrons. The molecule has 0 fully saturated rings. The highest BCUT2D eigenvalue weighted by Crippen LogP contribution is 2.32. The lowest BCUT2D eigenvalue weighted by Gasteiger charge is -2.05. The molecule has 1 aliphatic heterocycles. The summed E-state index contributed by atoms with van der Waals surface area (Å²) in [5.41, 5.74) is 4.04. The molecule has 3 rings (SSSR count). The summed E-state index contributed by atoms with van der Waals surface area (Å²) >= 11 is 0. The van der Waals surface area contributed by atoms with Crippen LogP contribution in [0.1, 0.15) is 16.7 Å². The zero-order valence-corrected chi connectivity index (χ0v) is 12.6. The van der Waals surface area contributed by atoms with Crippen molar-refractivity contribution in [2.24, 2.45) is 0 Å². The van der Waals surface area contributed by atoms with Gasteiger partial charge in [0.1, 0.15) is 0 Å². The fraction of sp³-hybridized carbons (Fsp3) is 0.167. The first-order valence-corrected chi connectivity index (χ1v) is 7.08. The first kappa shape index (κ1) is 14.2. The monoisotopic (exact) mass is 295 g/mol. The Kier molecular flexibility index (Phi) is 3.83. The van der Waals surface area contributed by atoms with Crippen molar-refractivity contribution in [1.82, 2.24) is 0 Å². The van der Waals surface area contributed by atoms with Gasteiger partial charge in [-0.3, -0.25) is 4.79 Å². The van der Waals surface area contributed by atoms with Crippen LogP contribution in [0.3, 0.4) is 0 Å². The first-order chi connectivity index (χ1) is 10.6. The number of amides is 1. The van der Waals surface area contributed by atoms with E-state index < -0.39 is 0 Å². The van der Waals surface area contributed by atoms with E-state index in [9.17, 15) is 4.79 Å². The molecule has 1 amide bonds. The Bertz CT molecular complexity index is 750. The standard InChI is InChI=1S/C18H17NO3/c1-12-3-6-15(9-13(12)2)19-18(20)8-5-14-4-7-16-17(10-14)22-11-21-16/h3-10H,11H2,1-2H3,(H,19,20). The Balaban J connectivity index is 1.67. The molecule has 2 aromatic rings. The Labute approximate surface area is 129 Å². The highest BCUT2D eigenvalue weighted by Gasteiger charge is 2.12. The number of hydrogen-bond donors (Lipinski definition) is 1. The van der Waals surface area contributed by atoms with Crippen LogP contribution in [0.5, 0.6) is 11.5 Å². The van der Waals surface area contributed by atoms with Crippen LogP contribution in [0.4, 0.5) is 5.69 Å². The Morgan fingerprint density at radius 2 is 1.86 bits per heavy atom. The summed E-state index contributed by atoms with van der Waals surface area (Å²) in [4.78, 5) is 12.0. The van der Waals surface area contributed by atoms with Crippen LogP contribution in [0.2, 0.25) is 0 Å². The number of rotatable bonds is 3. The number of nitrogens with one attached hydrogen (secondary N) is 1. The number of carbonyl (C=O) groups is 1. The molecule has 0 saturated heterocycles. The van der Waals surface area contributed by atoms with E-state index in [0.717, 1.165) is 22.6 Å². The van der Waals surface area contributed by atoms with E-state index in [0.29, 0.717) is 5.75 Å². The summed E-state index contributed by atoms with van der Waals surface area (Å²) in [7, 11) is 0. The second-order valence-electron chi connectivity index (χ2n) is 5.23. The minimum atomic E-state index is -0.166. The van der Waals surface area contributed by atoms with Gasteiger partial charge in [-0.25, -0.2) is 0 Å². The molecule has 0 spiro atoms. The lowest BCUT2D eigenvalue weighted by Crippen LogP contribution is -2.07. The van der Waals surface area contributed by atoms with E-state index in [-0.39, 0.29) is 12.7 Å². The minimum Gasteiger partial charge on any atom is -0.454 e. The molecule has 1 heterocycles. The van der Waals surface area contributed by atoms with Gasteiger partial charge >= 0.3 is 0 Å². The van der Waals surface area contributed by atoms with Crippen molar-refractivity contribution in [2.75, 3.05) is 12.1 Å². The number of carbonyl (C=O) groups excluding carboxylic acids is 1. The van der Waals surface area contributed by atoms with Crippen LogP contribution in [0, 0.1) is 13.8 Å². The van der Waals surface area contributed by atoms with Crippen LogP contribution < -0.4 is 14.8 Å². The van der Waals surface area contributed by atoms with E-state index in [1.165, 1.54) is 11.6 Å². The van der Waals surface area contributed by atoms with Gasteiger partial charge in [0.15, 0.2) is 11.5 Å². The highest BCUT2D eigenvalue weighted by molar-refractivity contribution is 6.02. The maximum atomic E-state index is 12.0. The molecule has 0 atom stereocenters. The van der Waals surface area contributed by atoms with Crippen molar-refractivity contribution < 1.29 is 14.3 Å². The molecule has 4 nitrogen and oxygen atoms in total. The van der Waals surface area contributed by atoms with Gasteiger partial charge in [-0.15, -0.1) is 0 Å². The molecule has 22 heavy (non-hydrogen) atoms. The van der Waals surface area contributed by atoms with Gasteiger partial charge in [0.2, 0.25) is 12.7 Å². The molecular formula is C18H17NO3. The van der Waals surface area contributed by atoms with E-state index in [4.69, 9.17) is 9.47 Å². The summed E-state index contributed by atoms with van der Waals surface area (Å²) in [6.45, 7) is 4.31. The van der Waals surface area contributed by atoms with Gasteiger partial charge in [0.05, 0.1) is 0 Å². The van der Waals surface area contributed by atoms with E-state index in [1.54, 1.807) is 6.08 Å². The number of ether oxygens (including phenoxy) is 2. The van der Waals surface area contributed by atoms with E-state index in [1.807, 2.05) is 50.2 Å². The van der Waals surface area contributed by atoms with Gasteiger partial charge in [-0.2, -0.15) is 0 Å². The maximum Gasteiger partial charge on any atom is 0.248 e. The van der Waals surface area contributed by atoms with Gasteiger partial charge in [-0.05, 0) is 60.9 Å². The van der Waals surface area contributed by atoms with E-state index in [2.05, 4.69) is 5.32 Å². The molecule has 0 aliphatic carbocycles. The minimum absolute atomic E-state index is 0.166. The van der Waals surface area contributed by atoms with E-state index >= 15 is 0 Å². The molecule has 0 aromatic heterocycles. The highest BCUT2D eigenvalue weighted by atomic mass is 16.7. The van der Waals surface area contributed by atoms with Crippen molar-refractivity contribution in [3.05, 3.63) is 59.2 Å². The Hall–Kier alpha value is -2.75. The largest absolute Gasteiger partial charge is 0.454 e. The zero-order valence-electron chi connectivity index (χ0n) is 12.6. The average Bonchev–Trinajstić information content (AvgIpc) is 2.96. The molecule has 1 N–H and O–H groups in total. The van der Waals surface area contributed by atoms with Gasteiger partial charge < -0.3 is 14.8 Å². The fourth-order valence-electron chi connectivity index (χ4n) is 2.19. The van der Waals surface area contributed by atoms with Gasteiger partial charge in [0.25, 0.3) is 0 Å². The molecule has 0 saturated carbocycles. The number of benzene rings is 2. The first-order valence-electron chi connectivity index (χ1n) is 7.08. The number of fused-ring (bicyclic) bond motifs is 1. The third-order valence-electron chi connectivity index (χ3n) is 3.60. The number of anilines is 1. The Morgan fingerprint density at radius 1 is 1.05 bits per heavy atom. The van der Waals surface area contributed by atoms with Gasteiger partial charge in [-0.1, -0.05) is 12.1 Å². The summed E-state index contributed by atoms with van der Waals surface area (Å²) in [5.74, 6) is 1.27. The molecule has 2 aromatic carbocycles. The van der Waals surface area contributed by atoms with Crippen LogP contribution in [-0.4, -0.2) is 12.7 Å². The van der Waals surface area contributed by atoms with Crippen molar-refractivity contribution in [1.29, 1.82) is 0 Å². The Morgan fingerprint density at radius 3 is 2.68 bits per heavy atom. The predicted octanol–water partition coefficient (Wildman–Crippen LogP) is 3.68. The van der Waals surface area contributed by atoms with Crippen molar-refractivity contribution >= 4 is 17.7 Å². The fourth-order valence-corrected chi connectivity index (χ4v) is 2.19. The van der Waals surface area contributed by atoms with Crippen LogP contribution in [0.25, 0.3) is 6.08 Å². The third kappa shape index (κ3) is 3.11. The van der Waals surface area contributed by atoms with Crippen LogP contribution >= 0.6 is 0 Å². The predicted molar refractivity (Wildman–Crippen MR) is 86.1 cm³/mol. The topological polar surface area (TPSA) is 47.6 Å². The molecule has 0 bridgehead atoms. The molecule has 4 heteroatoms. The second-order valence-corrected chi connectivity index (χ2v) is 5.23. The maximum absolute atomic E-state index is 12.0. The van der Waals surface area contributed by atoms with Crippen molar-refractivity contribution in [3.63, 3.8) is 0 Å². The summed E-state index contributed by atoms with van der Waals surface area (Å²) in [6.07, 6.45) is 3.26. The quantitative estimate of drug-likeness (QED) is 0.879. The SMILES string of the molecule is Cc1ccc(NC(=O)C=Cc2ccc3c(c2)OCO3)cc1C. The molecule has 0 radical (unpaired) electrons.